The fourth-order valence-corrected chi connectivity index (χ4v) is 1.76. The van der Waals surface area contributed by atoms with E-state index in [1.807, 2.05) is 25.1 Å². The van der Waals surface area contributed by atoms with Crippen molar-refractivity contribution in [3.63, 3.8) is 0 Å². The molecule has 0 spiro atoms. The average Bonchev–Trinajstić information content (AvgIpc) is 2.73. The summed E-state index contributed by atoms with van der Waals surface area (Å²) in [6.45, 7) is 2.80. The van der Waals surface area contributed by atoms with Crippen molar-refractivity contribution < 1.29 is 4.74 Å². The number of benzene rings is 1. The van der Waals surface area contributed by atoms with Crippen molar-refractivity contribution in [2.24, 2.45) is 0 Å². The summed E-state index contributed by atoms with van der Waals surface area (Å²) in [4.78, 5) is 0. The lowest BCUT2D eigenvalue weighted by Gasteiger charge is -2.03. The highest BCUT2D eigenvalue weighted by molar-refractivity contribution is 6.30. The highest BCUT2D eigenvalue weighted by Crippen LogP contribution is 2.23. The fraction of sp³-hybridized carbons (Fsp3) is 0.231. The van der Waals surface area contributed by atoms with E-state index in [0.717, 1.165) is 5.56 Å². The first kappa shape index (κ1) is 13.2. The number of ether oxygens (including phenoxy) is 1. The molecule has 1 heterocycles. The minimum Gasteiger partial charge on any atom is -0.471 e. The van der Waals surface area contributed by atoms with Crippen molar-refractivity contribution >= 4 is 17.4 Å². The van der Waals surface area contributed by atoms with Gasteiger partial charge in [0.2, 0.25) is 0 Å². The normalized spacial score (nSPS) is 10.2. The van der Waals surface area contributed by atoms with Gasteiger partial charge in [-0.1, -0.05) is 23.7 Å². The first-order chi connectivity index (χ1) is 9.15. The second-order valence-electron chi connectivity index (χ2n) is 3.91. The second kappa shape index (κ2) is 5.63. The molecular weight excluding hydrogens is 264 g/mol. The summed E-state index contributed by atoms with van der Waals surface area (Å²) >= 11 is 5.80. The van der Waals surface area contributed by atoms with Crippen LogP contribution in [-0.4, -0.2) is 9.78 Å². The van der Waals surface area contributed by atoms with Crippen LogP contribution in [0.5, 0.6) is 5.88 Å². The van der Waals surface area contributed by atoms with Gasteiger partial charge in [0.25, 0.3) is 5.88 Å². The van der Waals surface area contributed by atoms with Gasteiger partial charge < -0.3 is 10.5 Å². The molecule has 98 valence electrons. The maximum Gasteiger partial charge on any atom is 0.253 e. The van der Waals surface area contributed by atoms with Crippen LogP contribution in [0.3, 0.4) is 0 Å². The monoisotopic (exact) mass is 276 g/mol. The van der Waals surface area contributed by atoms with Gasteiger partial charge in [0.15, 0.2) is 5.56 Å². The molecule has 5 nitrogen and oxygen atoms in total. The number of hydrogen-bond acceptors (Lipinski definition) is 4. The van der Waals surface area contributed by atoms with Crippen molar-refractivity contribution in [3.8, 4) is 11.9 Å². The molecule has 0 fully saturated rings. The Labute approximate surface area is 116 Å². The van der Waals surface area contributed by atoms with Crippen molar-refractivity contribution in [2.75, 3.05) is 5.73 Å². The molecule has 0 aliphatic heterocycles. The first-order valence-electron chi connectivity index (χ1n) is 5.79. The van der Waals surface area contributed by atoms with E-state index >= 15 is 0 Å². The van der Waals surface area contributed by atoms with Gasteiger partial charge in [-0.25, -0.2) is 4.68 Å². The van der Waals surface area contributed by atoms with Gasteiger partial charge in [0, 0.05) is 11.6 Å². The zero-order valence-electron chi connectivity index (χ0n) is 10.4. The number of aryl methyl sites for hydroxylation is 1. The van der Waals surface area contributed by atoms with Gasteiger partial charge in [-0.3, -0.25) is 0 Å². The number of rotatable bonds is 4. The summed E-state index contributed by atoms with van der Waals surface area (Å²) in [5, 5.41) is 13.9. The Morgan fingerprint density at radius 1 is 1.42 bits per heavy atom. The lowest BCUT2D eigenvalue weighted by Crippen LogP contribution is -2.02. The number of nitriles is 1. The Hall–Kier alpha value is -2.19. The average molecular weight is 277 g/mol. The predicted molar refractivity (Wildman–Crippen MR) is 72.8 cm³/mol. The molecule has 0 amide bonds. The number of hydrogen-bond donors (Lipinski definition) is 1. The largest absolute Gasteiger partial charge is 0.471 e. The van der Waals surface area contributed by atoms with Crippen LogP contribution >= 0.6 is 11.6 Å². The molecule has 2 aromatic rings. The van der Waals surface area contributed by atoms with E-state index in [4.69, 9.17) is 27.3 Å². The maximum absolute atomic E-state index is 9.06. The third-order valence-electron chi connectivity index (χ3n) is 2.66. The second-order valence-corrected chi connectivity index (χ2v) is 4.34. The van der Waals surface area contributed by atoms with Gasteiger partial charge in [0.05, 0.1) is 0 Å². The Kier molecular flexibility index (Phi) is 3.93. The molecular formula is C13H13ClN4O. The van der Waals surface area contributed by atoms with E-state index in [-0.39, 0.29) is 11.4 Å². The van der Waals surface area contributed by atoms with Crippen molar-refractivity contribution in [1.29, 1.82) is 5.26 Å². The van der Waals surface area contributed by atoms with Gasteiger partial charge in [-0.15, -0.1) is 5.10 Å². The predicted octanol–water partition coefficient (Wildman–Crippen LogP) is 2.59. The van der Waals surface area contributed by atoms with Crippen LogP contribution in [0, 0.1) is 11.3 Å². The minimum absolute atomic E-state index is 0.261. The first-order valence-corrected chi connectivity index (χ1v) is 6.17. The van der Waals surface area contributed by atoms with E-state index < -0.39 is 0 Å². The van der Waals surface area contributed by atoms with Crippen LogP contribution in [0.15, 0.2) is 24.3 Å². The smallest absolute Gasteiger partial charge is 0.253 e. The van der Waals surface area contributed by atoms with Gasteiger partial charge in [0.1, 0.15) is 18.5 Å². The summed E-state index contributed by atoms with van der Waals surface area (Å²) in [6.07, 6.45) is 0. The number of anilines is 1. The van der Waals surface area contributed by atoms with Crippen molar-refractivity contribution in [1.82, 2.24) is 9.78 Å². The molecule has 0 bridgehead atoms. The highest BCUT2D eigenvalue weighted by atomic mass is 35.5. The van der Waals surface area contributed by atoms with Crippen LogP contribution in [-0.2, 0) is 13.2 Å². The van der Waals surface area contributed by atoms with Gasteiger partial charge >= 0.3 is 0 Å². The fourth-order valence-electron chi connectivity index (χ4n) is 1.63. The quantitative estimate of drug-likeness (QED) is 0.931. The molecule has 1 aromatic carbocycles. The number of nitrogen functional groups attached to an aromatic ring is 1. The summed E-state index contributed by atoms with van der Waals surface area (Å²) < 4.78 is 7.08. The van der Waals surface area contributed by atoms with E-state index in [1.165, 1.54) is 4.68 Å². The molecule has 0 saturated heterocycles. The van der Waals surface area contributed by atoms with E-state index in [0.29, 0.717) is 24.0 Å². The van der Waals surface area contributed by atoms with E-state index in [9.17, 15) is 0 Å². The standard InChI is InChI=1S/C13H13ClN4O/c1-2-18-12(16)11(7-15)13(17-18)19-8-9-3-5-10(14)6-4-9/h3-6H,2,8,16H2,1H3. The van der Waals surface area contributed by atoms with Crippen molar-refractivity contribution in [3.05, 3.63) is 40.4 Å². The summed E-state index contributed by atoms with van der Waals surface area (Å²) in [6, 6.07) is 9.29. The van der Waals surface area contributed by atoms with Gasteiger partial charge in [-0.05, 0) is 24.6 Å². The summed E-state index contributed by atoms with van der Waals surface area (Å²) in [5.41, 5.74) is 7.01. The zero-order valence-corrected chi connectivity index (χ0v) is 11.2. The molecule has 0 aliphatic carbocycles. The molecule has 0 saturated carbocycles. The Morgan fingerprint density at radius 3 is 2.68 bits per heavy atom. The topological polar surface area (TPSA) is 76.9 Å². The molecule has 19 heavy (non-hydrogen) atoms. The number of aromatic nitrogens is 2. The highest BCUT2D eigenvalue weighted by Gasteiger charge is 2.15. The molecule has 2 N–H and O–H groups in total. The molecule has 0 atom stereocenters. The molecule has 0 aliphatic rings. The number of nitrogens with zero attached hydrogens (tertiary/aromatic N) is 3. The zero-order chi connectivity index (χ0) is 13.8. The van der Waals surface area contributed by atoms with E-state index in [2.05, 4.69) is 5.10 Å². The number of nitrogens with two attached hydrogens (primary N) is 1. The Balaban J connectivity index is 2.15. The summed E-state index contributed by atoms with van der Waals surface area (Å²) in [5.74, 6) is 0.591. The minimum atomic E-state index is 0.261. The van der Waals surface area contributed by atoms with Crippen LogP contribution in [0.25, 0.3) is 0 Å². The van der Waals surface area contributed by atoms with Crippen LogP contribution in [0.2, 0.25) is 5.02 Å². The van der Waals surface area contributed by atoms with Crippen LogP contribution in [0.4, 0.5) is 5.82 Å². The SMILES string of the molecule is CCn1nc(OCc2ccc(Cl)cc2)c(C#N)c1N. The van der Waals surface area contributed by atoms with Crippen LogP contribution in [0.1, 0.15) is 18.1 Å². The third kappa shape index (κ3) is 2.80. The van der Waals surface area contributed by atoms with Crippen molar-refractivity contribution in [2.45, 2.75) is 20.1 Å². The third-order valence-corrected chi connectivity index (χ3v) is 2.91. The molecule has 6 heteroatoms. The molecule has 2 rings (SSSR count). The molecule has 0 unspecified atom stereocenters. The van der Waals surface area contributed by atoms with Crippen LogP contribution < -0.4 is 10.5 Å². The Morgan fingerprint density at radius 2 is 2.11 bits per heavy atom. The number of halogens is 1. The van der Waals surface area contributed by atoms with Gasteiger partial charge in [-0.2, -0.15) is 5.26 Å². The lowest BCUT2D eigenvalue weighted by molar-refractivity contribution is 0.289. The molecule has 0 radical (unpaired) electrons. The summed E-state index contributed by atoms with van der Waals surface area (Å²) in [7, 11) is 0. The lowest BCUT2D eigenvalue weighted by atomic mass is 10.2. The van der Waals surface area contributed by atoms with E-state index in [1.54, 1.807) is 12.1 Å². The molecule has 1 aromatic heterocycles. The maximum atomic E-state index is 9.06. The Bertz CT molecular complexity index is 613.